The van der Waals surface area contributed by atoms with E-state index in [1.165, 1.54) is 22.3 Å². The fourth-order valence-electron chi connectivity index (χ4n) is 2.91. The Kier molecular flexibility index (Phi) is 6.11. The molecule has 0 unspecified atom stereocenters. The Morgan fingerprint density at radius 2 is 1.75 bits per heavy atom. The van der Waals surface area contributed by atoms with Crippen LogP contribution in [0.15, 0.2) is 51.6 Å². The van der Waals surface area contributed by atoms with Gasteiger partial charge in [0.2, 0.25) is 15.2 Å². The maximum absolute atomic E-state index is 12.6. The molecule has 0 atom stereocenters. The molecule has 10 heteroatoms. The summed E-state index contributed by atoms with van der Waals surface area (Å²) in [6.45, 7) is 8.46. The summed E-state index contributed by atoms with van der Waals surface area (Å²) in [7, 11) is -3.53. The van der Waals surface area contributed by atoms with Crippen molar-refractivity contribution in [3.63, 3.8) is 0 Å². The van der Waals surface area contributed by atoms with E-state index < -0.39 is 10.0 Å². The van der Waals surface area contributed by atoms with Crippen LogP contribution in [-0.4, -0.2) is 51.0 Å². The molecule has 0 spiro atoms. The van der Waals surface area contributed by atoms with Crippen molar-refractivity contribution in [1.29, 1.82) is 0 Å². The van der Waals surface area contributed by atoms with Gasteiger partial charge < -0.3 is 0 Å². The van der Waals surface area contributed by atoms with Gasteiger partial charge in [-0.15, -0.1) is 5.10 Å². The lowest BCUT2D eigenvalue weighted by Crippen LogP contribution is -2.30. The molecule has 0 fully saturated rings. The van der Waals surface area contributed by atoms with E-state index in [-0.39, 0.29) is 4.90 Å². The van der Waals surface area contributed by atoms with Gasteiger partial charge in [-0.3, -0.25) is 0 Å². The lowest BCUT2D eigenvalue weighted by atomic mass is 10.1. The van der Waals surface area contributed by atoms with Crippen LogP contribution in [0.3, 0.4) is 0 Å². The molecule has 0 aliphatic carbocycles. The monoisotopic (exact) mass is 418 g/mol. The fourth-order valence-corrected chi connectivity index (χ4v) is 5.03. The predicted octanol–water partition coefficient (Wildman–Crippen LogP) is 2.86. The van der Waals surface area contributed by atoms with E-state index in [9.17, 15) is 8.42 Å². The van der Waals surface area contributed by atoms with Gasteiger partial charge in [0.15, 0.2) is 0 Å². The van der Waals surface area contributed by atoms with Crippen LogP contribution in [0.1, 0.15) is 25.0 Å². The van der Waals surface area contributed by atoms with Crippen LogP contribution in [0.5, 0.6) is 0 Å². The minimum absolute atomic E-state index is 0.176. The molecule has 2 heterocycles. The number of aryl methyl sites for hydroxylation is 2. The van der Waals surface area contributed by atoms with Gasteiger partial charge >= 0.3 is 0 Å². The van der Waals surface area contributed by atoms with Crippen molar-refractivity contribution >= 4 is 21.8 Å². The van der Waals surface area contributed by atoms with E-state index in [1.54, 1.807) is 16.8 Å². The van der Waals surface area contributed by atoms with E-state index in [4.69, 9.17) is 0 Å². The number of hydrogen-bond donors (Lipinski definition) is 0. The van der Waals surface area contributed by atoms with Crippen molar-refractivity contribution in [2.45, 2.75) is 42.8 Å². The van der Waals surface area contributed by atoms with Crippen LogP contribution in [-0.2, 0) is 10.0 Å². The number of pyridine rings is 1. The summed E-state index contributed by atoms with van der Waals surface area (Å²) < 4.78 is 28.2. The number of para-hydroxylation sites is 1. The molecule has 1 aromatic carbocycles. The Morgan fingerprint density at radius 3 is 2.32 bits per heavy atom. The van der Waals surface area contributed by atoms with Crippen LogP contribution < -0.4 is 0 Å². The minimum atomic E-state index is -3.53. The summed E-state index contributed by atoms with van der Waals surface area (Å²) in [6.07, 6.45) is 1.38. The largest absolute Gasteiger partial charge is 0.248 e. The number of nitrogens with zero attached hydrogens (tertiary/aromatic N) is 6. The molecule has 148 valence electrons. The third-order valence-electron chi connectivity index (χ3n) is 4.34. The second kappa shape index (κ2) is 8.38. The van der Waals surface area contributed by atoms with Crippen molar-refractivity contribution in [1.82, 2.24) is 29.5 Å². The summed E-state index contributed by atoms with van der Waals surface area (Å²) in [5.74, 6) is 0. The van der Waals surface area contributed by atoms with Crippen molar-refractivity contribution in [3.05, 3.63) is 47.7 Å². The third kappa shape index (κ3) is 3.94. The van der Waals surface area contributed by atoms with Gasteiger partial charge in [0, 0.05) is 19.3 Å². The van der Waals surface area contributed by atoms with E-state index >= 15 is 0 Å². The first kappa shape index (κ1) is 20.4. The standard InChI is InChI=1S/C18H22N6O2S2/c1-5-23(6-2)28(25,26)15-10-11-16(19-12-15)27-18-20-21-22-24(18)17-13(3)8-7-9-14(17)4/h7-12H,5-6H2,1-4H3. The highest BCUT2D eigenvalue weighted by molar-refractivity contribution is 7.99. The Hall–Kier alpha value is -2.30. The van der Waals surface area contributed by atoms with E-state index in [1.807, 2.05) is 45.9 Å². The smallest absolute Gasteiger partial charge is 0.244 e. The minimum Gasteiger partial charge on any atom is -0.248 e. The van der Waals surface area contributed by atoms with Gasteiger partial charge in [-0.25, -0.2) is 13.4 Å². The average Bonchev–Trinajstić information content (AvgIpc) is 3.10. The highest BCUT2D eigenvalue weighted by Crippen LogP contribution is 2.28. The van der Waals surface area contributed by atoms with E-state index in [0.717, 1.165) is 16.8 Å². The third-order valence-corrected chi connectivity index (χ3v) is 7.26. The normalized spacial score (nSPS) is 11.9. The second-order valence-corrected chi connectivity index (χ2v) is 9.06. The summed E-state index contributed by atoms with van der Waals surface area (Å²) in [4.78, 5) is 4.47. The molecule has 0 radical (unpaired) electrons. The Balaban J connectivity index is 1.88. The SMILES string of the molecule is CCN(CC)S(=O)(=O)c1ccc(Sc2nnnn2-c2c(C)cccc2C)nc1. The van der Waals surface area contributed by atoms with Gasteiger partial charge in [-0.05, 0) is 59.3 Å². The highest BCUT2D eigenvalue weighted by Gasteiger charge is 2.22. The summed E-state index contributed by atoms with van der Waals surface area (Å²) in [5.41, 5.74) is 3.04. The first-order valence-electron chi connectivity index (χ1n) is 8.87. The molecule has 2 aromatic heterocycles. The Bertz CT molecular complexity index is 1040. The molecule has 3 rings (SSSR count). The molecular weight excluding hydrogens is 396 g/mol. The van der Waals surface area contributed by atoms with Crippen LogP contribution in [0.4, 0.5) is 0 Å². The molecule has 0 aliphatic heterocycles. The molecule has 0 bridgehead atoms. The van der Waals surface area contributed by atoms with E-state index in [0.29, 0.717) is 23.3 Å². The molecule has 8 nitrogen and oxygen atoms in total. The van der Waals surface area contributed by atoms with Gasteiger partial charge in [0.1, 0.15) is 9.92 Å². The molecular formula is C18H22N6O2S2. The molecule has 0 saturated heterocycles. The lowest BCUT2D eigenvalue weighted by Gasteiger charge is -2.18. The zero-order chi connectivity index (χ0) is 20.3. The summed E-state index contributed by atoms with van der Waals surface area (Å²) in [5, 5.41) is 13.2. The highest BCUT2D eigenvalue weighted by atomic mass is 32.2. The van der Waals surface area contributed by atoms with Gasteiger partial charge in [-0.2, -0.15) is 8.99 Å². The number of tetrazole rings is 1. The molecule has 0 aliphatic rings. The molecule has 28 heavy (non-hydrogen) atoms. The van der Waals surface area contributed by atoms with Crippen molar-refractivity contribution < 1.29 is 8.42 Å². The Labute approximate surface area is 169 Å². The average molecular weight is 419 g/mol. The number of sulfonamides is 1. The summed E-state index contributed by atoms with van der Waals surface area (Å²) >= 11 is 1.28. The first-order chi connectivity index (χ1) is 13.4. The zero-order valence-corrected chi connectivity index (χ0v) is 17.8. The number of benzene rings is 1. The van der Waals surface area contributed by atoms with E-state index in [2.05, 4.69) is 20.5 Å². The molecule has 0 saturated carbocycles. The topological polar surface area (TPSA) is 93.9 Å². The Morgan fingerprint density at radius 1 is 1.07 bits per heavy atom. The molecule has 0 amide bonds. The van der Waals surface area contributed by atoms with Crippen molar-refractivity contribution in [2.24, 2.45) is 0 Å². The molecule has 0 N–H and O–H groups in total. The van der Waals surface area contributed by atoms with Crippen molar-refractivity contribution in [2.75, 3.05) is 13.1 Å². The van der Waals surface area contributed by atoms with Crippen molar-refractivity contribution in [3.8, 4) is 5.69 Å². The van der Waals surface area contributed by atoms with Crippen LogP contribution in [0.2, 0.25) is 0 Å². The number of rotatable bonds is 7. The summed E-state index contributed by atoms with van der Waals surface area (Å²) in [6, 6.07) is 9.23. The van der Waals surface area contributed by atoms with Gasteiger partial charge in [-0.1, -0.05) is 32.0 Å². The lowest BCUT2D eigenvalue weighted by molar-refractivity contribution is 0.445. The van der Waals surface area contributed by atoms with Crippen LogP contribution in [0.25, 0.3) is 5.69 Å². The van der Waals surface area contributed by atoms with Crippen LogP contribution >= 0.6 is 11.8 Å². The predicted molar refractivity (Wildman–Crippen MR) is 107 cm³/mol. The number of aromatic nitrogens is 5. The maximum atomic E-state index is 12.6. The molecule has 3 aromatic rings. The second-order valence-electron chi connectivity index (χ2n) is 6.14. The fraction of sp³-hybridized carbons (Fsp3) is 0.333. The maximum Gasteiger partial charge on any atom is 0.244 e. The van der Waals surface area contributed by atoms with Gasteiger partial charge in [0.25, 0.3) is 0 Å². The quantitative estimate of drug-likeness (QED) is 0.582. The number of hydrogen-bond acceptors (Lipinski definition) is 7. The van der Waals surface area contributed by atoms with Crippen LogP contribution in [0, 0.1) is 13.8 Å². The van der Waals surface area contributed by atoms with Gasteiger partial charge in [0.05, 0.1) is 5.69 Å². The first-order valence-corrected chi connectivity index (χ1v) is 11.1. The zero-order valence-electron chi connectivity index (χ0n) is 16.2.